The van der Waals surface area contributed by atoms with E-state index in [1.165, 1.54) is 5.56 Å². The second-order valence-corrected chi connectivity index (χ2v) is 11.9. The Morgan fingerprint density at radius 3 is 2.21 bits per heavy atom. The summed E-state index contributed by atoms with van der Waals surface area (Å²) in [4.78, 5) is 52.4. The van der Waals surface area contributed by atoms with E-state index in [-0.39, 0.29) is 18.1 Å². The highest BCUT2D eigenvalue weighted by Crippen LogP contribution is 2.22. The quantitative estimate of drug-likeness (QED) is 0.310. The van der Waals surface area contributed by atoms with Crippen molar-refractivity contribution >= 4 is 34.9 Å². The van der Waals surface area contributed by atoms with Gasteiger partial charge in [-0.25, -0.2) is 4.79 Å². The number of hydrogen-bond acceptors (Lipinski definition) is 7. The Kier molecular flexibility index (Phi) is 10.7. The highest BCUT2D eigenvalue weighted by atomic mass is 32.2. The Morgan fingerprint density at radius 1 is 0.860 bits per heavy atom. The molecule has 0 saturated heterocycles. The van der Waals surface area contributed by atoms with Crippen LogP contribution in [0, 0.1) is 0 Å². The standard InChI is InChI=1S/C32H36N4O6S/c1-32(2,3)42-30(39)33-27(19-22-13-15-26(16-14-22)41-25-11-5-4-6-12-25)29(38)34-35-31(40)43-21-28(37)36-18-17-23-9-7-8-10-24(23)20-36/h4-16,27H,17-21H2,1-3H3,(H,33,39)(H,34,38)(H,35,40)/t27-/m0/s1. The molecule has 0 unspecified atom stereocenters. The third-order valence-electron chi connectivity index (χ3n) is 6.45. The van der Waals surface area contributed by atoms with E-state index in [2.05, 4.69) is 22.2 Å². The highest BCUT2D eigenvalue weighted by molar-refractivity contribution is 8.14. The number of hydrogen-bond donors (Lipinski definition) is 3. The topological polar surface area (TPSA) is 126 Å². The summed E-state index contributed by atoms with van der Waals surface area (Å²) in [5.74, 6) is 0.425. The average Bonchev–Trinajstić information content (AvgIpc) is 2.98. The lowest BCUT2D eigenvalue weighted by molar-refractivity contribution is -0.129. The Bertz CT molecular complexity index is 1430. The number of nitrogens with one attached hydrogen (secondary N) is 3. The van der Waals surface area contributed by atoms with Gasteiger partial charge in [0.15, 0.2) is 0 Å². The van der Waals surface area contributed by atoms with Crippen molar-refractivity contribution in [1.82, 2.24) is 21.1 Å². The van der Waals surface area contributed by atoms with Crippen LogP contribution in [0.3, 0.4) is 0 Å². The second kappa shape index (κ2) is 14.6. The van der Waals surface area contributed by atoms with Gasteiger partial charge >= 0.3 is 6.09 Å². The zero-order valence-electron chi connectivity index (χ0n) is 24.4. The van der Waals surface area contributed by atoms with Crippen LogP contribution in [-0.4, -0.2) is 52.0 Å². The van der Waals surface area contributed by atoms with Crippen molar-refractivity contribution in [3.05, 3.63) is 95.6 Å². The molecule has 11 heteroatoms. The number of rotatable bonds is 8. The van der Waals surface area contributed by atoms with Gasteiger partial charge in [0.1, 0.15) is 23.1 Å². The molecule has 226 valence electrons. The van der Waals surface area contributed by atoms with Gasteiger partial charge in [0, 0.05) is 19.5 Å². The largest absolute Gasteiger partial charge is 0.457 e. The average molecular weight is 605 g/mol. The van der Waals surface area contributed by atoms with Gasteiger partial charge in [0.2, 0.25) is 5.91 Å². The first kappa shape index (κ1) is 31.4. The van der Waals surface area contributed by atoms with Crippen molar-refractivity contribution in [1.29, 1.82) is 0 Å². The van der Waals surface area contributed by atoms with Crippen molar-refractivity contribution < 1.29 is 28.7 Å². The fraction of sp³-hybridized carbons (Fsp3) is 0.312. The molecule has 1 aliphatic rings. The summed E-state index contributed by atoms with van der Waals surface area (Å²) in [7, 11) is 0. The molecule has 0 aromatic heterocycles. The SMILES string of the molecule is CC(C)(C)OC(=O)N[C@@H](Cc1ccc(Oc2ccccc2)cc1)C(=O)NNC(=O)SCC(=O)N1CCc2ccccc2C1. The van der Waals surface area contributed by atoms with Crippen LogP contribution in [0.15, 0.2) is 78.9 Å². The van der Waals surface area contributed by atoms with Gasteiger partial charge in [-0.2, -0.15) is 0 Å². The van der Waals surface area contributed by atoms with E-state index in [1.54, 1.807) is 49.9 Å². The van der Waals surface area contributed by atoms with E-state index < -0.39 is 28.9 Å². The van der Waals surface area contributed by atoms with Gasteiger partial charge in [-0.3, -0.25) is 25.2 Å². The monoisotopic (exact) mass is 604 g/mol. The molecule has 0 bridgehead atoms. The summed E-state index contributed by atoms with van der Waals surface area (Å²) >= 11 is 0.759. The smallest absolute Gasteiger partial charge is 0.408 e. The van der Waals surface area contributed by atoms with Crippen LogP contribution in [0.1, 0.15) is 37.5 Å². The number of fused-ring (bicyclic) bond motifs is 1. The molecular weight excluding hydrogens is 568 g/mol. The van der Waals surface area contributed by atoms with Crippen molar-refractivity contribution in [2.75, 3.05) is 12.3 Å². The predicted octanol–water partition coefficient (Wildman–Crippen LogP) is 4.97. The maximum absolute atomic E-state index is 13.1. The highest BCUT2D eigenvalue weighted by Gasteiger charge is 2.26. The Balaban J connectivity index is 1.30. The molecule has 0 spiro atoms. The van der Waals surface area contributed by atoms with Crippen LogP contribution in [-0.2, 0) is 33.7 Å². The molecule has 3 aromatic carbocycles. The van der Waals surface area contributed by atoms with Crippen LogP contribution < -0.4 is 20.9 Å². The van der Waals surface area contributed by atoms with E-state index in [9.17, 15) is 19.2 Å². The number of para-hydroxylation sites is 1. The number of carbonyl (C=O) groups excluding carboxylic acids is 4. The van der Waals surface area contributed by atoms with Gasteiger partial charge in [-0.1, -0.05) is 66.4 Å². The molecule has 4 amide bonds. The molecule has 10 nitrogen and oxygen atoms in total. The zero-order valence-corrected chi connectivity index (χ0v) is 25.2. The maximum Gasteiger partial charge on any atom is 0.408 e. The minimum absolute atomic E-state index is 0.0686. The molecule has 0 saturated carbocycles. The zero-order chi connectivity index (χ0) is 30.8. The number of benzene rings is 3. The van der Waals surface area contributed by atoms with Gasteiger partial charge in [-0.15, -0.1) is 0 Å². The Labute approximate surface area is 255 Å². The van der Waals surface area contributed by atoms with Crippen molar-refractivity contribution in [3.63, 3.8) is 0 Å². The van der Waals surface area contributed by atoms with E-state index >= 15 is 0 Å². The fourth-order valence-corrected chi connectivity index (χ4v) is 4.94. The van der Waals surface area contributed by atoms with Crippen molar-refractivity contribution in [3.8, 4) is 11.5 Å². The van der Waals surface area contributed by atoms with Gasteiger partial charge in [-0.05, 0) is 68.1 Å². The minimum atomic E-state index is -1.06. The fourth-order valence-electron chi connectivity index (χ4n) is 4.38. The maximum atomic E-state index is 13.1. The first-order chi connectivity index (χ1) is 20.6. The van der Waals surface area contributed by atoms with E-state index in [0.717, 1.165) is 29.3 Å². The molecule has 0 radical (unpaired) electrons. The van der Waals surface area contributed by atoms with Crippen LogP contribution in [0.25, 0.3) is 0 Å². The van der Waals surface area contributed by atoms with E-state index in [1.807, 2.05) is 48.5 Å². The Hall–Kier alpha value is -4.51. The number of thioether (sulfide) groups is 1. The van der Waals surface area contributed by atoms with Crippen LogP contribution in [0.5, 0.6) is 11.5 Å². The van der Waals surface area contributed by atoms with Crippen molar-refractivity contribution in [2.24, 2.45) is 0 Å². The molecule has 1 aliphatic heterocycles. The first-order valence-corrected chi connectivity index (χ1v) is 14.9. The summed E-state index contributed by atoms with van der Waals surface area (Å²) < 4.78 is 11.1. The molecule has 0 aliphatic carbocycles. The Morgan fingerprint density at radius 2 is 1.51 bits per heavy atom. The van der Waals surface area contributed by atoms with Gasteiger partial charge in [0.05, 0.1) is 5.75 Å². The summed E-state index contributed by atoms with van der Waals surface area (Å²) in [5, 5.41) is 1.98. The second-order valence-electron chi connectivity index (χ2n) is 11.0. The molecule has 3 N–H and O–H groups in total. The van der Waals surface area contributed by atoms with Gasteiger partial charge in [0.25, 0.3) is 11.1 Å². The molecule has 1 atom stereocenters. The van der Waals surface area contributed by atoms with Crippen LogP contribution >= 0.6 is 11.8 Å². The lowest BCUT2D eigenvalue weighted by Gasteiger charge is -2.28. The normalized spacial score (nSPS) is 13.2. The molecule has 1 heterocycles. The van der Waals surface area contributed by atoms with Crippen LogP contribution in [0.2, 0.25) is 0 Å². The minimum Gasteiger partial charge on any atom is -0.457 e. The number of nitrogens with zero attached hydrogens (tertiary/aromatic N) is 1. The number of hydrazine groups is 1. The van der Waals surface area contributed by atoms with Gasteiger partial charge < -0.3 is 19.7 Å². The number of amides is 4. The predicted molar refractivity (Wildman–Crippen MR) is 165 cm³/mol. The summed E-state index contributed by atoms with van der Waals surface area (Å²) in [6, 6.07) is 23.4. The summed E-state index contributed by atoms with van der Waals surface area (Å²) in [6.45, 7) is 6.25. The summed E-state index contributed by atoms with van der Waals surface area (Å²) in [5.41, 5.74) is 6.98. The summed E-state index contributed by atoms with van der Waals surface area (Å²) in [6.07, 6.45) is 0.115. The van der Waals surface area contributed by atoms with Crippen molar-refractivity contribution in [2.45, 2.75) is 51.8 Å². The van der Waals surface area contributed by atoms with E-state index in [0.29, 0.717) is 24.6 Å². The lowest BCUT2D eigenvalue weighted by Crippen LogP contribution is -2.53. The molecular formula is C32H36N4O6S. The lowest BCUT2D eigenvalue weighted by atomic mass is 10.00. The third kappa shape index (κ3) is 10.1. The molecule has 0 fully saturated rings. The van der Waals surface area contributed by atoms with E-state index in [4.69, 9.17) is 9.47 Å². The number of alkyl carbamates (subject to hydrolysis) is 1. The third-order valence-corrected chi connectivity index (χ3v) is 7.20. The molecule has 4 rings (SSSR count). The van der Waals surface area contributed by atoms with Crippen LogP contribution in [0.4, 0.5) is 9.59 Å². The number of carbonyl (C=O) groups is 4. The molecule has 43 heavy (non-hydrogen) atoms. The first-order valence-electron chi connectivity index (χ1n) is 13.9. The molecule has 3 aromatic rings. The number of ether oxygens (including phenoxy) is 2.